The Kier molecular flexibility index (Phi) is 3.43. The van der Waals surface area contributed by atoms with Gasteiger partial charge in [-0.05, 0) is 18.9 Å². The minimum Gasteiger partial charge on any atom is -0.450 e. The molecule has 2 N–H and O–H groups in total. The Hall–Kier alpha value is -2.18. The lowest BCUT2D eigenvalue weighted by molar-refractivity contribution is 0.185. The van der Waals surface area contributed by atoms with E-state index in [9.17, 15) is 0 Å². The van der Waals surface area contributed by atoms with E-state index in [1.165, 1.54) is 0 Å². The van der Waals surface area contributed by atoms with Crippen LogP contribution in [-0.2, 0) is 16.9 Å². The Morgan fingerprint density at radius 2 is 2.04 bits per heavy atom. The summed E-state index contributed by atoms with van der Waals surface area (Å²) in [6.45, 7) is 0.415. The predicted molar refractivity (Wildman–Crippen MR) is 84.6 cm³/mol. The molecule has 2 aromatic heterocycles. The van der Waals surface area contributed by atoms with Gasteiger partial charge in [0.15, 0.2) is 11.6 Å². The van der Waals surface area contributed by atoms with Crippen LogP contribution in [-0.4, -0.2) is 17.3 Å². The molecule has 0 atom stereocenters. The molecule has 4 rings (SSSR count). The van der Waals surface area contributed by atoms with E-state index in [0.29, 0.717) is 24.1 Å². The SMILES string of the molecule is COCc1c(-c2nc(C3(N)CCCC3)no2)oc2ccccc12. The highest BCUT2D eigenvalue weighted by Crippen LogP contribution is 2.37. The van der Waals surface area contributed by atoms with Gasteiger partial charge in [0.1, 0.15) is 5.58 Å². The van der Waals surface area contributed by atoms with E-state index >= 15 is 0 Å². The topological polar surface area (TPSA) is 87.3 Å². The molecule has 1 aromatic carbocycles. The number of hydrogen-bond donors (Lipinski definition) is 1. The summed E-state index contributed by atoms with van der Waals surface area (Å²) >= 11 is 0. The number of furan rings is 1. The Labute approximate surface area is 133 Å². The Morgan fingerprint density at radius 1 is 1.26 bits per heavy atom. The van der Waals surface area contributed by atoms with Gasteiger partial charge < -0.3 is 19.4 Å². The maximum absolute atomic E-state index is 6.40. The van der Waals surface area contributed by atoms with Gasteiger partial charge in [-0.1, -0.05) is 36.2 Å². The first-order valence-corrected chi connectivity index (χ1v) is 7.84. The lowest BCUT2D eigenvalue weighted by Crippen LogP contribution is -2.34. The van der Waals surface area contributed by atoms with Gasteiger partial charge in [0.25, 0.3) is 5.89 Å². The Morgan fingerprint density at radius 3 is 2.83 bits per heavy atom. The zero-order valence-corrected chi connectivity index (χ0v) is 13.0. The first-order chi connectivity index (χ1) is 11.2. The van der Waals surface area contributed by atoms with Crippen LogP contribution in [0.2, 0.25) is 0 Å². The van der Waals surface area contributed by atoms with E-state index in [4.69, 9.17) is 19.4 Å². The van der Waals surface area contributed by atoms with Crippen molar-refractivity contribution < 1.29 is 13.7 Å². The number of nitrogens with two attached hydrogens (primary N) is 1. The van der Waals surface area contributed by atoms with Crippen LogP contribution in [0.4, 0.5) is 0 Å². The van der Waals surface area contributed by atoms with Gasteiger partial charge in [0, 0.05) is 18.1 Å². The molecule has 1 fully saturated rings. The highest BCUT2D eigenvalue weighted by atomic mass is 16.5. The summed E-state index contributed by atoms with van der Waals surface area (Å²) in [4.78, 5) is 4.52. The van der Waals surface area contributed by atoms with Crippen LogP contribution in [0.3, 0.4) is 0 Å². The molecule has 3 aromatic rings. The molecular weight excluding hydrogens is 294 g/mol. The average molecular weight is 313 g/mol. The second-order valence-corrected chi connectivity index (χ2v) is 6.13. The van der Waals surface area contributed by atoms with Crippen molar-refractivity contribution in [3.63, 3.8) is 0 Å². The summed E-state index contributed by atoms with van der Waals surface area (Å²) in [5, 5.41) is 5.10. The van der Waals surface area contributed by atoms with Crippen molar-refractivity contribution in [1.29, 1.82) is 0 Å². The van der Waals surface area contributed by atoms with Crippen molar-refractivity contribution in [2.24, 2.45) is 5.73 Å². The van der Waals surface area contributed by atoms with Crippen molar-refractivity contribution in [3.05, 3.63) is 35.7 Å². The molecule has 1 saturated carbocycles. The van der Waals surface area contributed by atoms with Crippen LogP contribution in [0.1, 0.15) is 37.1 Å². The fourth-order valence-electron chi connectivity index (χ4n) is 3.31. The third-order valence-corrected chi connectivity index (χ3v) is 4.55. The molecule has 2 heterocycles. The molecule has 0 radical (unpaired) electrons. The lowest BCUT2D eigenvalue weighted by atomic mass is 9.99. The minimum absolute atomic E-state index is 0.361. The Bertz CT molecular complexity index is 831. The minimum atomic E-state index is -0.477. The second-order valence-electron chi connectivity index (χ2n) is 6.13. The predicted octanol–water partition coefficient (Wildman–Crippen LogP) is 3.36. The van der Waals surface area contributed by atoms with E-state index in [-0.39, 0.29) is 0 Å². The second kappa shape index (κ2) is 5.47. The molecule has 0 amide bonds. The normalized spacial score (nSPS) is 17.1. The third-order valence-electron chi connectivity index (χ3n) is 4.55. The first-order valence-electron chi connectivity index (χ1n) is 7.84. The smallest absolute Gasteiger partial charge is 0.294 e. The molecule has 1 aliphatic rings. The molecule has 23 heavy (non-hydrogen) atoms. The summed E-state index contributed by atoms with van der Waals surface area (Å²) in [7, 11) is 1.65. The van der Waals surface area contributed by atoms with Crippen molar-refractivity contribution in [2.75, 3.05) is 7.11 Å². The van der Waals surface area contributed by atoms with E-state index in [2.05, 4.69) is 10.1 Å². The Balaban J connectivity index is 1.80. The van der Waals surface area contributed by atoms with Crippen LogP contribution in [0.25, 0.3) is 22.6 Å². The van der Waals surface area contributed by atoms with Crippen LogP contribution < -0.4 is 5.73 Å². The van der Waals surface area contributed by atoms with Crippen molar-refractivity contribution in [2.45, 2.75) is 37.8 Å². The maximum Gasteiger partial charge on any atom is 0.294 e. The molecule has 0 saturated heterocycles. The number of aromatic nitrogens is 2. The average Bonchev–Trinajstić information content (AvgIpc) is 3.26. The monoisotopic (exact) mass is 313 g/mol. The van der Waals surface area contributed by atoms with Crippen molar-refractivity contribution in [1.82, 2.24) is 10.1 Å². The van der Waals surface area contributed by atoms with Gasteiger partial charge in [-0.3, -0.25) is 0 Å². The number of fused-ring (bicyclic) bond motifs is 1. The van der Waals surface area contributed by atoms with Crippen LogP contribution in [0, 0.1) is 0 Å². The van der Waals surface area contributed by atoms with Gasteiger partial charge in [-0.25, -0.2) is 0 Å². The van der Waals surface area contributed by atoms with Gasteiger partial charge in [0.2, 0.25) is 0 Å². The molecule has 0 unspecified atom stereocenters. The standard InChI is InChI=1S/C17H19N3O3/c1-21-10-12-11-6-2-3-7-13(11)22-14(12)15-19-16(20-23-15)17(18)8-4-5-9-17/h2-3,6-7H,4-5,8-10,18H2,1H3. The van der Waals surface area contributed by atoms with Crippen molar-refractivity contribution in [3.8, 4) is 11.7 Å². The molecule has 120 valence electrons. The van der Waals surface area contributed by atoms with Gasteiger partial charge in [0.05, 0.1) is 12.1 Å². The maximum atomic E-state index is 6.40. The molecule has 0 spiro atoms. The highest BCUT2D eigenvalue weighted by Gasteiger charge is 2.36. The van der Waals surface area contributed by atoms with E-state index in [1.807, 2.05) is 24.3 Å². The number of ether oxygens (including phenoxy) is 1. The quantitative estimate of drug-likeness (QED) is 0.794. The summed E-state index contributed by atoms with van der Waals surface area (Å²) in [6.07, 6.45) is 3.97. The van der Waals surface area contributed by atoms with Gasteiger partial charge in [-0.2, -0.15) is 4.98 Å². The summed E-state index contributed by atoms with van der Waals surface area (Å²) in [6, 6.07) is 7.80. The number of hydrogen-bond acceptors (Lipinski definition) is 6. The fourth-order valence-corrected chi connectivity index (χ4v) is 3.31. The van der Waals surface area contributed by atoms with Crippen LogP contribution in [0.5, 0.6) is 0 Å². The zero-order valence-electron chi connectivity index (χ0n) is 13.0. The summed E-state index contributed by atoms with van der Waals surface area (Å²) < 4.78 is 16.7. The van der Waals surface area contributed by atoms with Gasteiger partial charge >= 0.3 is 0 Å². The number of benzene rings is 1. The largest absolute Gasteiger partial charge is 0.450 e. The van der Waals surface area contributed by atoms with E-state index in [1.54, 1.807) is 7.11 Å². The van der Waals surface area contributed by atoms with Crippen molar-refractivity contribution >= 4 is 11.0 Å². The van der Waals surface area contributed by atoms with E-state index < -0.39 is 5.54 Å². The zero-order chi connectivity index (χ0) is 15.9. The summed E-state index contributed by atoms with van der Waals surface area (Å²) in [5.74, 6) is 1.49. The lowest BCUT2D eigenvalue weighted by Gasteiger charge is -2.17. The molecule has 1 aliphatic carbocycles. The first kappa shape index (κ1) is 14.4. The molecule has 6 heteroatoms. The number of methoxy groups -OCH3 is 1. The molecule has 0 bridgehead atoms. The summed E-state index contributed by atoms with van der Waals surface area (Å²) in [5.41, 5.74) is 7.61. The van der Waals surface area contributed by atoms with Crippen LogP contribution in [0.15, 0.2) is 33.2 Å². The third kappa shape index (κ3) is 2.34. The van der Waals surface area contributed by atoms with Crippen LogP contribution >= 0.6 is 0 Å². The highest BCUT2D eigenvalue weighted by molar-refractivity contribution is 5.86. The molecule has 6 nitrogen and oxygen atoms in total. The van der Waals surface area contributed by atoms with E-state index in [0.717, 1.165) is 42.2 Å². The fraction of sp³-hybridized carbons (Fsp3) is 0.412. The number of para-hydroxylation sites is 1. The molecular formula is C17H19N3O3. The number of nitrogens with zero attached hydrogens (tertiary/aromatic N) is 2. The number of rotatable bonds is 4. The molecule has 0 aliphatic heterocycles. The van der Waals surface area contributed by atoms with Gasteiger partial charge in [-0.15, -0.1) is 0 Å².